The van der Waals surface area contributed by atoms with E-state index in [-0.39, 0.29) is 12.0 Å². The number of rotatable bonds is 5. The van der Waals surface area contributed by atoms with Crippen LogP contribution < -0.4 is 0 Å². The molecule has 4 heteroatoms. The minimum Gasteiger partial charge on any atom is -0.481 e. The van der Waals surface area contributed by atoms with Gasteiger partial charge in [-0.1, -0.05) is 6.92 Å². The monoisotopic (exact) mass is 211 g/mol. The highest BCUT2D eigenvalue weighted by Crippen LogP contribution is 2.13. The van der Waals surface area contributed by atoms with E-state index in [0.29, 0.717) is 6.54 Å². The van der Waals surface area contributed by atoms with Crippen LogP contribution in [0.15, 0.2) is 22.8 Å². The highest BCUT2D eigenvalue weighted by molar-refractivity contribution is 5.70. The van der Waals surface area contributed by atoms with Gasteiger partial charge in [0.25, 0.3) is 0 Å². The lowest BCUT2D eigenvalue weighted by Gasteiger charge is -2.26. The minimum atomic E-state index is -0.770. The Morgan fingerprint density at radius 3 is 2.73 bits per heavy atom. The first-order valence-electron chi connectivity index (χ1n) is 4.97. The van der Waals surface area contributed by atoms with Gasteiger partial charge in [-0.05, 0) is 26.1 Å². The first kappa shape index (κ1) is 11.8. The van der Waals surface area contributed by atoms with Crippen molar-refractivity contribution < 1.29 is 14.3 Å². The normalized spacial score (nSPS) is 15.2. The van der Waals surface area contributed by atoms with E-state index >= 15 is 0 Å². The van der Waals surface area contributed by atoms with Crippen LogP contribution in [-0.4, -0.2) is 29.1 Å². The molecule has 0 aliphatic rings. The molecule has 2 atom stereocenters. The highest BCUT2D eigenvalue weighted by atomic mass is 16.4. The molecular weight excluding hydrogens is 194 g/mol. The summed E-state index contributed by atoms with van der Waals surface area (Å²) >= 11 is 0. The summed E-state index contributed by atoms with van der Waals surface area (Å²) in [6.45, 7) is 4.25. The molecule has 4 nitrogen and oxygen atoms in total. The molecule has 1 heterocycles. The number of carbonyl (C=O) groups is 1. The fraction of sp³-hybridized carbons (Fsp3) is 0.545. The zero-order valence-electron chi connectivity index (χ0n) is 9.30. The maximum absolute atomic E-state index is 10.8. The molecule has 15 heavy (non-hydrogen) atoms. The molecule has 1 N–H and O–H groups in total. The fourth-order valence-corrected chi connectivity index (χ4v) is 1.38. The van der Waals surface area contributed by atoms with Crippen molar-refractivity contribution in [1.29, 1.82) is 0 Å². The number of aliphatic carboxylic acids is 1. The quantitative estimate of drug-likeness (QED) is 0.807. The van der Waals surface area contributed by atoms with Crippen LogP contribution in [0.2, 0.25) is 0 Å². The average Bonchev–Trinajstić information content (AvgIpc) is 2.67. The molecule has 0 bridgehead atoms. The molecule has 1 aromatic heterocycles. The molecule has 0 radical (unpaired) electrons. The second kappa shape index (κ2) is 4.98. The van der Waals surface area contributed by atoms with Crippen molar-refractivity contribution in [3.05, 3.63) is 24.2 Å². The molecule has 2 unspecified atom stereocenters. The third-order valence-electron chi connectivity index (χ3n) is 2.79. The number of hydrogen-bond donors (Lipinski definition) is 1. The van der Waals surface area contributed by atoms with Gasteiger partial charge in [-0.15, -0.1) is 0 Å². The summed E-state index contributed by atoms with van der Waals surface area (Å²) in [7, 11) is 1.90. The van der Waals surface area contributed by atoms with Crippen LogP contribution in [0.25, 0.3) is 0 Å². The predicted octanol–water partition coefficient (Wildman–Crippen LogP) is 1.82. The summed E-state index contributed by atoms with van der Waals surface area (Å²) in [5.41, 5.74) is 0. The van der Waals surface area contributed by atoms with Crippen LogP contribution in [0.1, 0.15) is 19.6 Å². The maximum Gasteiger partial charge on any atom is 0.307 e. The van der Waals surface area contributed by atoms with Gasteiger partial charge < -0.3 is 9.52 Å². The van der Waals surface area contributed by atoms with Crippen molar-refractivity contribution in [2.45, 2.75) is 26.4 Å². The molecule has 1 rings (SSSR count). The third-order valence-corrected chi connectivity index (χ3v) is 2.79. The number of furan rings is 1. The van der Waals surface area contributed by atoms with Gasteiger partial charge in [-0.2, -0.15) is 0 Å². The van der Waals surface area contributed by atoms with E-state index in [9.17, 15) is 4.79 Å². The van der Waals surface area contributed by atoms with E-state index < -0.39 is 5.97 Å². The zero-order valence-corrected chi connectivity index (χ0v) is 9.30. The smallest absolute Gasteiger partial charge is 0.307 e. The molecule has 0 spiro atoms. The lowest BCUT2D eigenvalue weighted by molar-refractivity contribution is -0.143. The third kappa shape index (κ3) is 3.09. The maximum atomic E-state index is 10.8. The Labute approximate surface area is 89.5 Å². The largest absolute Gasteiger partial charge is 0.481 e. The molecule has 84 valence electrons. The van der Waals surface area contributed by atoms with Crippen molar-refractivity contribution in [1.82, 2.24) is 4.90 Å². The van der Waals surface area contributed by atoms with Crippen LogP contribution in [-0.2, 0) is 11.3 Å². The second-order valence-corrected chi connectivity index (χ2v) is 3.86. The Kier molecular flexibility index (Phi) is 3.91. The SMILES string of the molecule is CC(C(=O)O)C(C)N(C)Cc1ccco1. The average molecular weight is 211 g/mol. The molecule has 0 saturated heterocycles. The first-order chi connectivity index (χ1) is 7.02. The predicted molar refractivity (Wildman–Crippen MR) is 56.4 cm³/mol. The molecular formula is C11H17NO3. The van der Waals surface area contributed by atoms with Crippen molar-refractivity contribution >= 4 is 5.97 Å². The second-order valence-electron chi connectivity index (χ2n) is 3.86. The van der Waals surface area contributed by atoms with Crippen LogP contribution in [0.3, 0.4) is 0 Å². The topological polar surface area (TPSA) is 53.7 Å². The first-order valence-corrected chi connectivity index (χ1v) is 4.97. The van der Waals surface area contributed by atoms with E-state index in [1.807, 2.05) is 31.0 Å². The standard InChI is InChI=1S/C11H17NO3/c1-8(11(13)14)9(2)12(3)7-10-5-4-6-15-10/h4-6,8-9H,7H2,1-3H3,(H,13,14). The summed E-state index contributed by atoms with van der Waals surface area (Å²) in [5.74, 6) is -0.305. The molecule has 0 amide bonds. The van der Waals surface area contributed by atoms with Gasteiger partial charge in [-0.25, -0.2) is 0 Å². The molecule has 1 aromatic rings. The number of carboxylic acids is 1. The number of nitrogens with zero attached hydrogens (tertiary/aromatic N) is 1. The molecule has 0 aliphatic heterocycles. The molecule has 0 aliphatic carbocycles. The Morgan fingerprint density at radius 2 is 2.27 bits per heavy atom. The summed E-state index contributed by atoms with van der Waals surface area (Å²) < 4.78 is 5.21. The molecule has 0 fully saturated rings. The Hall–Kier alpha value is -1.29. The Morgan fingerprint density at radius 1 is 1.60 bits per heavy atom. The Bertz CT molecular complexity index is 308. The fourth-order valence-electron chi connectivity index (χ4n) is 1.38. The van der Waals surface area contributed by atoms with Gasteiger partial charge in [0.1, 0.15) is 5.76 Å². The summed E-state index contributed by atoms with van der Waals surface area (Å²) in [5, 5.41) is 8.88. The number of carboxylic acid groups (broad SMARTS) is 1. The van der Waals surface area contributed by atoms with Crippen molar-refractivity contribution in [3.63, 3.8) is 0 Å². The molecule has 0 saturated carbocycles. The van der Waals surface area contributed by atoms with Gasteiger partial charge in [0, 0.05) is 6.04 Å². The van der Waals surface area contributed by atoms with Gasteiger partial charge in [0.05, 0.1) is 18.7 Å². The lowest BCUT2D eigenvalue weighted by atomic mass is 10.0. The van der Waals surface area contributed by atoms with Crippen LogP contribution >= 0.6 is 0 Å². The van der Waals surface area contributed by atoms with Crippen LogP contribution in [0.5, 0.6) is 0 Å². The van der Waals surface area contributed by atoms with Gasteiger partial charge in [-0.3, -0.25) is 9.69 Å². The van der Waals surface area contributed by atoms with Crippen molar-refractivity contribution in [2.75, 3.05) is 7.05 Å². The van der Waals surface area contributed by atoms with Crippen molar-refractivity contribution in [2.24, 2.45) is 5.92 Å². The van der Waals surface area contributed by atoms with E-state index in [1.165, 1.54) is 0 Å². The van der Waals surface area contributed by atoms with E-state index in [2.05, 4.69) is 0 Å². The van der Waals surface area contributed by atoms with E-state index in [0.717, 1.165) is 5.76 Å². The summed E-state index contributed by atoms with van der Waals surface area (Å²) in [6, 6.07) is 3.69. The van der Waals surface area contributed by atoms with Gasteiger partial charge >= 0.3 is 5.97 Å². The lowest BCUT2D eigenvalue weighted by Crippen LogP contribution is -2.37. The van der Waals surface area contributed by atoms with E-state index in [1.54, 1.807) is 13.2 Å². The van der Waals surface area contributed by atoms with Gasteiger partial charge in [0.15, 0.2) is 0 Å². The minimum absolute atomic E-state index is 0.0207. The zero-order chi connectivity index (χ0) is 11.4. The highest BCUT2D eigenvalue weighted by Gasteiger charge is 2.23. The van der Waals surface area contributed by atoms with Crippen LogP contribution in [0, 0.1) is 5.92 Å². The molecule has 0 aromatic carbocycles. The number of hydrogen-bond acceptors (Lipinski definition) is 3. The van der Waals surface area contributed by atoms with Gasteiger partial charge in [0.2, 0.25) is 0 Å². The summed E-state index contributed by atoms with van der Waals surface area (Å²) in [4.78, 5) is 12.8. The van der Waals surface area contributed by atoms with Crippen LogP contribution in [0.4, 0.5) is 0 Å². The Balaban J connectivity index is 2.53. The summed E-state index contributed by atoms with van der Waals surface area (Å²) in [6.07, 6.45) is 1.62. The van der Waals surface area contributed by atoms with Crippen molar-refractivity contribution in [3.8, 4) is 0 Å². The van der Waals surface area contributed by atoms with E-state index in [4.69, 9.17) is 9.52 Å².